The van der Waals surface area contributed by atoms with Crippen molar-refractivity contribution in [1.82, 2.24) is 14.9 Å². The predicted octanol–water partition coefficient (Wildman–Crippen LogP) is 4.68. The summed E-state index contributed by atoms with van der Waals surface area (Å²) in [7, 11) is 0. The number of thioether (sulfide) groups is 1. The van der Waals surface area contributed by atoms with Crippen LogP contribution < -0.4 is 5.32 Å². The zero-order valence-corrected chi connectivity index (χ0v) is 19.5. The standard InChI is InChI=1S/C23H32FN3O3S/c1-5-7-18(28)19(14-8-6-11-25-13-14)31-22-26-16-12-15(24)9-10-17(16)27(22)20(21(29)30)23(2,3)4/h9-10,12,14,19-20,25H,5-8,11,13H2,1-4H3,(H,29,30). The molecule has 1 aromatic heterocycles. The Morgan fingerprint density at radius 3 is 2.71 bits per heavy atom. The fourth-order valence-corrected chi connectivity index (χ4v) is 5.68. The van der Waals surface area contributed by atoms with E-state index in [-0.39, 0.29) is 17.0 Å². The lowest BCUT2D eigenvalue weighted by Crippen LogP contribution is -2.39. The number of halogens is 1. The molecule has 0 saturated carbocycles. The summed E-state index contributed by atoms with van der Waals surface area (Å²) in [5.41, 5.74) is 0.356. The Hall–Kier alpha value is -1.93. The van der Waals surface area contributed by atoms with E-state index < -0.39 is 23.2 Å². The van der Waals surface area contributed by atoms with E-state index in [9.17, 15) is 19.1 Å². The average Bonchev–Trinajstić information content (AvgIpc) is 3.02. The molecule has 31 heavy (non-hydrogen) atoms. The van der Waals surface area contributed by atoms with Gasteiger partial charge in [-0.15, -0.1) is 0 Å². The first-order chi connectivity index (χ1) is 14.6. The molecule has 2 heterocycles. The van der Waals surface area contributed by atoms with Gasteiger partial charge < -0.3 is 15.0 Å². The lowest BCUT2D eigenvalue weighted by atomic mass is 9.86. The highest BCUT2D eigenvalue weighted by Crippen LogP contribution is 2.40. The maximum Gasteiger partial charge on any atom is 0.327 e. The van der Waals surface area contributed by atoms with Gasteiger partial charge >= 0.3 is 5.97 Å². The molecule has 1 fully saturated rings. The van der Waals surface area contributed by atoms with Crippen LogP contribution in [0.4, 0.5) is 4.39 Å². The number of carbonyl (C=O) groups excluding carboxylic acids is 1. The first-order valence-corrected chi connectivity index (χ1v) is 11.8. The zero-order valence-electron chi connectivity index (χ0n) is 18.7. The van der Waals surface area contributed by atoms with Crippen LogP contribution in [0.2, 0.25) is 0 Å². The molecule has 0 bridgehead atoms. The van der Waals surface area contributed by atoms with E-state index in [1.807, 2.05) is 27.7 Å². The lowest BCUT2D eigenvalue weighted by molar-refractivity contribution is -0.144. The lowest BCUT2D eigenvalue weighted by Gasteiger charge is -2.32. The Labute approximate surface area is 187 Å². The number of carboxylic acids is 1. The summed E-state index contributed by atoms with van der Waals surface area (Å²) >= 11 is 1.34. The number of carbonyl (C=O) groups is 2. The van der Waals surface area contributed by atoms with Gasteiger partial charge in [0, 0.05) is 12.5 Å². The Balaban J connectivity index is 2.12. The van der Waals surface area contributed by atoms with E-state index in [0.29, 0.717) is 22.6 Å². The topological polar surface area (TPSA) is 84.2 Å². The molecular weight excluding hydrogens is 417 g/mol. The second kappa shape index (κ2) is 9.69. The van der Waals surface area contributed by atoms with Gasteiger partial charge in [0.1, 0.15) is 17.6 Å². The van der Waals surface area contributed by atoms with E-state index in [0.717, 1.165) is 32.4 Å². The highest BCUT2D eigenvalue weighted by Gasteiger charge is 2.38. The number of hydrogen-bond acceptors (Lipinski definition) is 5. The molecule has 6 nitrogen and oxygen atoms in total. The van der Waals surface area contributed by atoms with E-state index in [1.165, 1.54) is 23.9 Å². The normalized spacial score (nSPS) is 19.3. The molecule has 1 saturated heterocycles. The predicted molar refractivity (Wildman–Crippen MR) is 121 cm³/mol. The van der Waals surface area contributed by atoms with Crippen LogP contribution in [0.5, 0.6) is 0 Å². The molecule has 170 valence electrons. The number of carboxylic acid groups (broad SMARTS) is 1. The van der Waals surface area contributed by atoms with Crippen molar-refractivity contribution in [3.8, 4) is 0 Å². The number of ketones is 1. The number of piperidine rings is 1. The van der Waals surface area contributed by atoms with Crippen molar-refractivity contribution in [2.45, 2.75) is 69.8 Å². The third-order valence-electron chi connectivity index (χ3n) is 5.74. The van der Waals surface area contributed by atoms with Crippen molar-refractivity contribution < 1.29 is 19.1 Å². The van der Waals surface area contributed by atoms with E-state index in [2.05, 4.69) is 10.3 Å². The van der Waals surface area contributed by atoms with Crippen LogP contribution in [-0.2, 0) is 9.59 Å². The van der Waals surface area contributed by atoms with Crippen molar-refractivity contribution in [3.05, 3.63) is 24.0 Å². The zero-order chi connectivity index (χ0) is 22.8. The van der Waals surface area contributed by atoms with Crippen LogP contribution in [-0.4, -0.2) is 44.7 Å². The largest absolute Gasteiger partial charge is 0.480 e. The number of aromatic nitrogens is 2. The molecule has 1 aliphatic heterocycles. The smallest absolute Gasteiger partial charge is 0.327 e. The molecule has 0 radical (unpaired) electrons. The molecule has 0 aliphatic carbocycles. The second-order valence-corrected chi connectivity index (χ2v) is 10.5. The Bertz CT molecular complexity index is 947. The van der Waals surface area contributed by atoms with Gasteiger partial charge in [0.15, 0.2) is 5.16 Å². The first kappa shape index (κ1) is 23.7. The minimum Gasteiger partial charge on any atom is -0.480 e. The van der Waals surface area contributed by atoms with Gasteiger partial charge in [-0.1, -0.05) is 39.5 Å². The van der Waals surface area contributed by atoms with Crippen molar-refractivity contribution in [1.29, 1.82) is 0 Å². The van der Waals surface area contributed by atoms with Crippen molar-refractivity contribution in [3.63, 3.8) is 0 Å². The minimum absolute atomic E-state index is 0.153. The summed E-state index contributed by atoms with van der Waals surface area (Å²) < 4.78 is 15.6. The Kier molecular flexibility index (Phi) is 7.42. The van der Waals surface area contributed by atoms with Crippen LogP contribution >= 0.6 is 11.8 Å². The third-order valence-corrected chi connectivity index (χ3v) is 7.14. The van der Waals surface area contributed by atoms with Crippen LogP contribution in [0.15, 0.2) is 23.4 Å². The van der Waals surface area contributed by atoms with Gasteiger partial charge in [-0.05, 0) is 55.8 Å². The van der Waals surface area contributed by atoms with Gasteiger partial charge in [-0.2, -0.15) is 0 Å². The van der Waals surface area contributed by atoms with Crippen molar-refractivity contribution in [2.24, 2.45) is 11.3 Å². The molecule has 2 aromatic rings. The molecule has 1 aliphatic rings. The number of aliphatic carboxylic acids is 1. The van der Waals surface area contributed by atoms with Crippen LogP contribution in [0.3, 0.4) is 0 Å². The number of benzene rings is 1. The number of fused-ring (bicyclic) bond motifs is 1. The van der Waals surface area contributed by atoms with Crippen LogP contribution in [0.1, 0.15) is 59.4 Å². The van der Waals surface area contributed by atoms with Crippen molar-refractivity contribution >= 4 is 34.5 Å². The van der Waals surface area contributed by atoms with Crippen LogP contribution in [0, 0.1) is 17.2 Å². The number of rotatable bonds is 8. The quantitative estimate of drug-likeness (QED) is 0.570. The second-order valence-electron chi connectivity index (χ2n) is 9.37. The summed E-state index contributed by atoms with van der Waals surface area (Å²) in [5, 5.41) is 13.6. The number of Topliss-reactive ketones (excluding diaryl/α,β-unsaturated/α-hetero) is 1. The Morgan fingerprint density at radius 2 is 2.13 bits per heavy atom. The first-order valence-electron chi connectivity index (χ1n) is 10.9. The number of hydrogen-bond donors (Lipinski definition) is 2. The molecule has 0 spiro atoms. The maximum atomic E-state index is 13.9. The van der Waals surface area contributed by atoms with E-state index in [4.69, 9.17) is 0 Å². The van der Waals surface area contributed by atoms with Gasteiger partial charge in [0.25, 0.3) is 0 Å². The summed E-state index contributed by atoms with van der Waals surface area (Å²) in [6, 6.07) is 3.31. The summed E-state index contributed by atoms with van der Waals surface area (Å²) in [6.45, 7) is 9.26. The average molecular weight is 450 g/mol. The fourth-order valence-electron chi connectivity index (χ4n) is 4.31. The molecule has 3 unspecified atom stereocenters. The van der Waals surface area contributed by atoms with Gasteiger partial charge in [-0.3, -0.25) is 4.79 Å². The maximum absolute atomic E-state index is 13.9. The summed E-state index contributed by atoms with van der Waals surface area (Å²) in [4.78, 5) is 30.0. The molecule has 0 amide bonds. The van der Waals surface area contributed by atoms with E-state index >= 15 is 0 Å². The van der Waals surface area contributed by atoms with E-state index in [1.54, 1.807) is 10.6 Å². The Morgan fingerprint density at radius 1 is 1.39 bits per heavy atom. The summed E-state index contributed by atoms with van der Waals surface area (Å²) in [6.07, 6.45) is 3.18. The van der Waals surface area contributed by atoms with Gasteiger partial charge in [-0.25, -0.2) is 14.2 Å². The highest BCUT2D eigenvalue weighted by atomic mass is 32.2. The number of nitrogens with zero attached hydrogens (tertiary/aromatic N) is 2. The van der Waals surface area contributed by atoms with Gasteiger partial charge in [0.05, 0.1) is 16.3 Å². The van der Waals surface area contributed by atoms with Gasteiger partial charge in [0.2, 0.25) is 0 Å². The molecule has 1 aromatic carbocycles. The van der Waals surface area contributed by atoms with Crippen LogP contribution in [0.25, 0.3) is 11.0 Å². The number of nitrogens with one attached hydrogen (secondary N) is 1. The highest BCUT2D eigenvalue weighted by molar-refractivity contribution is 8.00. The summed E-state index contributed by atoms with van der Waals surface area (Å²) in [5.74, 6) is -1.09. The molecule has 3 atom stereocenters. The monoisotopic (exact) mass is 449 g/mol. The molecule has 8 heteroatoms. The molecule has 3 rings (SSSR count). The third kappa shape index (κ3) is 5.29. The fraction of sp³-hybridized carbons (Fsp3) is 0.609. The minimum atomic E-state index is -0.978. The molecule has 2 N–H and O–H groups in total. The number of imidazole rings is 1. The molecular formula is C23H32FN3O3S. The SMILES string of the molecule is CCCC(=O)C(Sc1nc2cc(F)ccc2n1C(C(=O)O)C(C)(C)C)C1CCCNC1. The van der Waals surface area contributed by atoms with Crippen molar-refractivity contribution in [2.75, 3.05) is 13.1 Å².